The third-order valence-corrected chi connectivity index (χ3v) is 3.83. The van der Waals surface area contributed by atoms with Crippen molar-refractivity contribution in [2.24, 2.45) is 0 Å². The molecule has 2 heterocycles. The highest BCUT2D eigenvalue weighted by molar-refractivity contribution is 6.22. The van der Waals surface area contributed by atoms with Gasteiger partial charge in [-0.25, -0.2) is 0 Å². The minimum atomic E-state index is -0.469. The van der Waals surface area contributed by atoms with Gasteiger partial charge in [-0.3, -0.25) is 19.3 Å². The minimum Gasteiger partial charge on any atom is -0.389 e. The van der Waals surface area contributed by atoms with Crippen molar-refractivity contribution >= 4 is 17.7 Å². The number of imide groups is 1. The first-order chi connectivity index (χ1) is 9.90. The van der Waals surface area contributed by atoms with Gasteiger partial charge in [0.15, 0.2) is 0 Å². The second-order valence-electron chi connectivity index (χ2n) is 5.70. The Morgan fingerprint density at radius 3 is 2.38 bits per heavy atom. The van der Waals surface area contributed by atoms with Crippen LogP contribution in [0.3, 0.4) is 0 Å². The lowest BCUT2D eigenvalue weighted by Gasteiger charge is -2.35. The summed E-state index contributed by atoms with van der Waals surface area (Å²) >= 11 is 0. The molecule has 3 amide bonds. The quantitative estimate of drug-likeness (QED) is 0.804. The zero-order valence-electron chi connectivity index (χ0n) is 11.9. The maximum Gasteiger partial charge on any atom is 0.261 e. The lowest BCUT2D eigenvalue weighted by atomic mass is 10.0. The van der Waals surface area contributed by atoms with Gasteiger partial charge in [0.1, 0.15) is 0 Å². The fourth-order valence-corrected chi connectivity index (χ4v) is 2.67. The predicted molar refractivity (Wildman–Crippen MR) is 74.0 cm³/mol. The van der Waals surface area contributed by atoms with Gasteiger partial charge >= 0.3 is 0 Å². The van der Waals surface area contributed by atoms with Gasteiger partial charge in [0.05, 0.1) is 17.2 Å². The summed E-state index contributed by atoms with van der Waals surface area (Å²) in [5, 5.41) is 9.24. The molecule has 6 nitrogen and oxygen atoms in total. The number of amides is 3. The fourth-order valence-electron chi connectivity index (χ4n) is 2.67. The Labute approximate surface area is 122 Å². The van der Waals surface area contributed by atoms with E-state index in [4.69, 9.17) is 0 Å². The lowest BCUT2D eigenvalue weighted by Crippen LogP contribution is -2.53. The topological polar surface area (TPSA) is 77.9 Å². The molecule has 2 aliphatic heterocycles. The van der Waals surface area contributed by atoms with Gasteiger partial charge in [-0.1, -0.05) is 0 Å². The van der Waals surface area contributed by atoms with Crippen molar-refractivity contribution in [3.63, 3.8) is 0 Å². The first kappa shape index (κ1) is 13.8. The van der Waals surface area contributed by atoms with E-state index >= 15 is 0 Å². The first-order valence-corrected chi connectivity index (χ1v) is 6.89. The highest BCUT2D eigenvalue weighted by atomic mass is 16.3. The normalized spacial score (nSPS) is 18.3. The van der Waals surface area contributed by atoms with E-state index in [1.165, 1.54) is 21.9 Å². The van der Waals surface area contributed by atoms with E-state index in [0.717, 1.165) is 0 Å². The van der Waals surface area contributed by atoms with Gasteiger partial charge in [-0.2, -0.15) is 0 Å². The van der Waals surface area contributed by atoms with Crippen molar-refractivity contribution in [2.75, 3.05) is 13.1 Å². The summed E-state index contributed by atoms with van der Waals surface area (Å²) < 4.78 is 0. The van der Waals surface area contributed by atoms with E-state index in [1.807, 2.05) is 0 Å². The molecule has 0 radical (unpaired) electrons. The van der Waals surface area contributed by atoms with Gasteiger partial charge < -0.3 is 10.0 Å². The average Bonchev–Trinajstić information content (AvgIpc) is 2.66. The van der Waals surface area contributed by atoms with Crippen molar-refractivity contribution in [3.8, 4) is 0 Å². The van der Waals surface area contributed by atoms with Gasteiger partial charge in [0.25, 0.3) is 17.7 Å². The first-order valence-electron chi connectivity index (χ1n) is 6.89. The number of aliphatic hydroxyl groups is 1. The van der Waals surface area contributed by atoms with Crippen molar-refractivity contribution in [1.82, 2.24) is 9.80 Å². The van der Waals surface area contributed by atoms with Crippen LogP contribution in [0, 0.1) is 0 Å². The maximum absolute atomic E-state index is 12.3. The maximum atomic E-state index is 12.3. The largest absolute Gasteiger partial charge is 0.389 e. The summed E-state index contributed by atoms with van der Waals surface area (Å²) in [6.45, 7) is 4.16. The van der Waals surface area contributed by atoms with Crippen LogP contribution in [-0.4, -0.2) is 57.9 Å². The summed E-state index contributed by atoms with van der Waals surface area (Å²) in [5.41, 5.74) is 0.988. The molecule has 2 aliphatic rings. The Hall–Kier alpha value is -2.21. The van der Waals surface area contributed by atoms with Gasteiger partial charge in [-0.05, 0) is 32.0 Å². The molecular formula is C15H16N2O4. The number of rotatable bonds is 2. The zero-order chi connectivity index (χ0) is 15.3. The second-order valence-corrected chi connectivity index (χ2v) is 5.70. The molecule has 0 bridgehead atoms. The number of fused-ring (bicyclic) bond motifs is 1. The van der Waals surface area contributed by atoms with E-state index in [0.29, 0.717) is 24.2 Å². The van der Waals surface area contributed by atoms with E-state index < -0.39 is 6.10 Å². The van der Waals surface area contributed by atoms with Crippen molar-refractivity contribution in [2.45, 2.75) is 26.0 Å². The molecule has 1 fully saturated rings. The summed E-state index contributed by atoms with van der Waals surface area (Å²) in [4.78, 5) is 39.3. The number of likely N-dealkylation sites (tertiary alicyclic amines) is 1. The van der Waals surface area contributed by atoms with Crippen LogP contribution in [0.4, 0.5) is 0 Å². The van der Waals surface area contributed by atoms with Crippen molar-refractivity contribution in [1.29, 1.82) is 0 Å². The monoisotopic (exact) mass is 288 g/mol. The zero-order valence-corrected chi connectivity index (χ0v) is 11.9. The molecule has 1 saturated heterocycles. The highest BCUT2D eigenvalue weighted by Crippen LogP contribution is 2.26. The average molecular weight is 288 g/mol. The number of β-amino-alcohol motifs (C(OH)–C–C–N with tert-alkyl or cyclic N) is 1. The van der Waals surface area contributed by atoms with Crippen molar-refractivity contribution in [3.05, 3.63) is 34.9 Å². The van der Waals surface area contributed by atoms with Crippen LogP contribution in [0.1, 0.15) is 44.9 Å². The molecular weight excluding hydrogens is 272 g/mol. The van der Waals surface area contributed by atoms with Crippen LogP contribution < -0.4 is 0 Å². The molecule has 0 aliphatic carbocycles. The van der Waals surface area contributed by atoms with E-state index in [1.54, 1.807) is 19.9 Å². The lowest BCUT2D eigenvalue weighted by molar-refractivity contribution is 0.00589. The Bertz CT molecular complexity index is 647. The Morgan fingerprint density at radius 1 is 1.19 bits per heavy atom. The van der Waals surface area contributed by atoms with Crippen LogP contribution in [0.15, 0.2) is 18.2 Å². The van der Waals surface area contributed by atoms with Crippen LogP contribution in [-0.2, 0) is 0 Å². The van der Waals surface area contributed by atoms with Crippen LogP contribution >= 0.6 is 0 Å². The molecule has 0 unspecified atom stereocenters. The summed E-state index contributed by atoms with van der Waals surface area (Å²) in [6, 6.07) is 4.34. The number of carbonyl (C=O) groups excluding carboxylic acids is 3. The number of hydrogen-bond donors (Lipinski definition) is 1. The molecule has 0 aromatic heterocycles. The van der Waals surface area contributed by atoms with Crippen LogP contribution in [0.2, 0.25) is 0 Å². The second kappa shape index (κ2) is 4.66. The highest BCUT2D eigenvalue weighted by Gasteiger charge is 2.38. The Balaban J connectivity index is 1.92. The Kier molecular flexibility index (Phi) is 3.06. The number of nitrogens with zero attached hydrogens (tertiary/aromatic N) is 2. The molecule has 0 atom stereocenters. The third kappa shape index (κ3) is 2.03. The fraction of sp³-hybridized carbons (Fsp3) is 0.400. The van der Waals surface area contributed by atoms with Gasteiger partial charge in [0, 0.05) is 24.7 Å². The summed E-state index contributed by atoms with van der Waals surface area (Å²) in [7, 11) is 0. The van der Waals surface area contributed by atoms with E-state index in [9.17, 15) is 19.5 Å². The van der Waals surface area contributed by atoms with Crippen LogP contribution in [0.25, 0.3) is 0 Å². The molecule has 0 spiro atoms. The van der Waals surface area contributed by atoms with Gasteiger partial charge in [0.2, 0.25) is 0 Å². The molecule has 6 heteroatoms. The number of hydrogen-bond acceptors (Lipinski definition) is 4. The third-order valence-electron chi connectivity index (χ3n) is 3.83. The summed E-state index contributed by atoms with van der Waals surface area (Å²) in [5.74, 6) is -0.905. The SMILES string of the molecule is CC(C)N1C(=O)c2ccc(C(=O)N3CC(O)C3)cc2C1=O. The molecule has 1 N–H and O–H groups in total. The summed E-state index contributed by atoms with van der Waals surface area (Å²) in [6.07, 6.45) is -0.469. The Morgan fingerprint density at radius 2 is 1.81 bits per heavy atom. The van der Waals surface area contributed by atoms with Crippen LogP contribution in [0.5, 0.6) is 0 Å². The molecule has 0 saturated carbocycles. The minimum absolute atomic E-state index is 0.220. The molecule has 3 rings (SSSR count). The van der Waals surface area contributed by atoms with Gasteiger partial charge in [-0.15, -0.1) is 0 Å². The molecule has 110 valence electrons. The number of aliphatic hydroxyl groups excluding tert-OH is 1. The standard InChI is InChI=1S/C15H16N2O4/c1-8(2)17-14(20)11-4-3-9(5-12(11)15(17)21)13(19)16-6-10(18)7-16/h3-5,8,10,18H,6-7H2,1-2H3. The molecule has 1 aromatic rings. The van der Waals surface area contributed by atoms with E-state index in [2.05, 4.69) is 0 Å². The smallest absolute Gasteiger partial charge is 0.261 e. The molecule has 21 heavy (non-hydrogen) atoms. The predicted octanol–water partition coefficient (Wildman–Crippen LogP) is 0.508. The number of benzene rings is 1. The molecule has 1 aromatic carbocycles. The number of carbonyl (C=O) groups is 3. The van der Waals surface area contributed by atoms with E-state index in [-0.39, 0.29) is 29.3 Å². The van der Waals surface area contributed by atoms with Crippen molar-refractivity contribution < 1.29 is 19.5 Å².